The molecule has 0 aliphatic rings. The Morgan fingerprint density at radius 1 is 1.23 bits per heavy atom. The third-order valence-electron chi connectivity index (χ3n) is 2.08. The zero-order chi connectivity index (χ0) is 9.40. The van der Waals surface area contributed by atoms with Gasteiger partial charge >= 0.3 is 0 Å². The Labute approximate surface area is 88.9 Å². The lowest BCUT2D eigenvalue weighted by Crippen LogP contribution is -2.31. The van der Waals surface area contributed by atoms with Gasteiger partial charge in [-0.25, -0.2) is 0 Å². The van der Waals surface area contributed by atoms with Crippen molar-refractivity contribution >= 4 is 12.4 Å². The van der Waals surface area contributed by atoms with Gasteiger partial charge in [0.25, 0.3) is 0 Å². The molecule has 0 aliphatic carbocycles. The molecule has 0 rings (SSSR count). The smallest absolute Gasteiger partial charge is 0.0161 e. The highest BCUT2D eigenvalue weighted by atomic mass is 35.5. The molecule has 0 saturated carbocycles. The number of halogens is 1. The predicted octanol–water partition coefficient (Wildman–Crippen LogP) is 3.27. The van der Waals surface area contributed by atoms with Gasteiger partial charge in [0.05, 0.1) is 0 Å². The van der Waals surface area contributed by atoms with Crippen molar-refractivity contribution in [2.24, 2.45) is 0 Å². The van der Waals surface area contributed by atoms with Crippen LogP contribution in [-0.4, -0.2) is 24.5 Å². The van der Waals surface area contributed by atoms with Crippen LogP contribution in [0.4, 0.5) is 0 Å². The van der Waals surface area contributed by atoms with Crippen molar-refractivity contribution in [1.29, 1.82) is 0 Å². The van der Waals surface area contributed by atoms with E-state index in [9.17, 15) is 0 Å². The van der Waals surface area contributed by atoms with Crippen LogP contribution in [0.3, 0.4) is 0 Å². The molecular formula is C11H22ClN. The Hall–Kier alpha value is -0.270. The zero-order valence-electron chi connectivity index (χ0n) is 8.83. The van der Waals surface area contributed by atoms with Crippen LogP contribution in [-0.2, 0) is 0 Å². The van der Waals surface area contributed by atoms with E-state index in [0.29, 0.717) is 6.04 Å². The summed E-state index contributed by atoms with van der Waals surface area (Å²) < 4.78 is 0. The van der Waals surface area contributed by atoms with Gasteiger partial charge in [-0.2, -0.15) is 0 Å². The summed E-state index contributed by atoms with van der Waals surface area (Å²) in [4.78, 5) is 2.38. The van der Waals surface area contributed by atoms with Crippen molar-refractivity contribution in [2.75, 3.05) is 13.6 Å². The van der Waals surface area contributed by atoms with Crippen molar-refractivity contribution in [3.8, 4) is 0 Å². The van der Waals surface area contributed by atoms with Gasteiger partial charge in [-0.1, -0.05) is 19.1 Å². The first-order chi connectivity index (χ1) is 5.76. The minimum Gasteiger partial charge on any atom is -0.303 e. The van der Waals surface area contributed by atoms with Crippen LogP contribution in [0.15, 0.2) is 25.3 Å². The summed E-state index contributed by atoms with van der Waals surface area (Å²) in [6, 6.07) is 0.597. The third-order valence-corrected chi connectivity index (χ3v) is 2.08. The van der Waals surface area contributed by atoms with Gasteiger partial charge in [0, 0.05) is 6.04 Å². The van der Waals surface area contributed by atoms with E-state index in [4.69, 9.17) is 0 Å². The minimum absolute atomic E-state index is 0. The van der Waals surface area contributed by atoms with Crippen LogP contribution in [0.2, 0.25) is 0 Å². The summed E-state index contributed by atoms with van der Waals surface area (Å²) in [5.74, 6) is 0. The van der Waals surface area contributed by atoms with E-state index in [0.717, 1.165) is 19.4 Å². The van der Waals surface area contributed by atoms with Gasteiger partial charge in [-0.15, -0.1) is 25.6 Å². The summed E-state index contributed by atoms with van der Waals surface area (Å²) in [7, 11) is 2.17. The second-order valence-corrected chi connectivity index (χ2v) is 3.18. The fraction of sp³-hybridized carbons (Fsp3) is 0.636. The Bertz CT molecular complexity index is 124. The molecule has 0 fully saturated rings. The Kier molecular flexibility index (Phi) is 11.5. The molecule has 0 bridgehead atoms. The normalized spacial score (nSPS) is 9.85. The highest BCUT2D eigenvalue weighted by molar-refractivity contribution is 5.85. The fourth-order valence-corrected chi connectivity index (χ4v) is 1.38. The lowest BCUT2D eigenvalue weighted by Gasteiger charge is -2.25. The molecule has 2 heteroatoms. The largest absolute Gasteiger partial charge is 0.303 e. The lowest BCUT2D eigenvalue weighted by molar-refractivity contribution is 0.244. The molecule has 0 aromatic heterocycles. The molecule has 0 spiro atoms. The molecule has 0 aliphatic heterocycles. The molecule has 0 saturated heterocycles. The van der Waals surface area contributed by atoms with Crippen molar-refractivity contribution < 1.29 is 0 Å². The van der Waals surface area contributed by atoms with E-state index in [1.165, 1.54) is 6.42 Å². The standard InChI is InChI=1S/C11H21N.ClH/c1-5-8-11(9-6-2)12(4)10-7-3;/h5-6,11H,1-2,7-10H2,3-4H3;1H. The van der Waals surface area contributed by atoms with E-state index in [-0.39, 0.29) is 12.4 Å². The van der Waals surface area contributed by atoms with E-state index in [2.05, 4.69) is 32.0 Å². The zero-order valence-corrected chi connectivity index (χ0v) is 9.65. The topological polar surface area (TPSA) is 3.24 Å². The molecule has 0 unspecified atom stereocenters. The third kappa shape index (κ3) is 6.85. The van der Waals surface area contributed by atoms with Crippen LogP contribution >= 0.6 is 12.4 Å². The van der Waals surface area contributed by atoms with Crippen LogP contribution in [0, 0.1) is 0 Å². The number of nitrogens with zero attached hydrogens (tertiary/aromatic N) is 1. The van der Waals surface area contributed by atoms with Gasteiger partial charge in [0.1, 0.15) is 0 Å². The number of hydrogen-bond acceptors (Lipinski definition) is 1. The molecule has 0 N–H and O–H groups in total. The van der Waals surface area contributed by atoms with E-state index in [1.807, 2.05) is 12.2 Å². The molecule has 0 aromatic rings. The highest BCUT2D eigenvalue weighted by Gasteiger charge is 2.09. The van der Waals surface area contributed by atoms with Gasteiger partial charge in [0.2, 0.25) is 0 Å². The summed E-state index contributed by atoms with van der Waals surface area (Å²) >= 11 is 0. The summed E-state index contributed by atoms with van der Waals surface area (Å²) in [5.41, 5.74) is 0. The second kappa shape index (κ2) is 9.82. The number of hydrogen-bond donors (Lipinski definition) is 0. The van der Waals surface area contributed by atoms with E-state index >= 15 is 0 Å². The Morgan fingerprint density at radius 2 is 1.69 bits per heavy atom. The molecule has 0 amide bonds. The quantitative estimate of drug-likeness (QED) is 0.575. The van der Waals surface area contributed by atoms with Crippen LogP contribution in [0.5, 0.6) is 0 Å². The average molecular weight is 204 g/mol. The highest BCUT2D eigenvalue weighted by Crippen LogP contribution is 2.08. The van der Waals surface area contributed by atoms with Crippen molar-refractivity contribution in [2.45, 2.75) is 32.2 Å². The maximum atomic E-state index is 3.76. The molecule has 0 heterocycles. The monoisotopic (exact) mass is 203 g/mol. The van der Waals surface area contributed by atoms with E-state index in [1.54, 1.807) is 0 Å². The Morgan fingerprint density at radius 3 is 2.00 bits per heavy atom. The fourth-order valence-electron chi connectivity index (χ4n) is 1.38. The first kappa shape index (κ1) is 15.2. The molecule has 78 valence electrons. The first-order valence-electron chi connectivity index (χ1n) is 4.68. The van der Waals surface area contributed by atoms with Gasteiger partial charge in [-0.3, -0.25) is 0 Å². The summed E-state index contributed by atoms with van der Waals surface area (Å²) in [6.45, 7) is 10.9. The second-order valence-electron chi connectivity index (χ2n) is 3.18. The molecule has 0 radical (unpaired) electrons. The van der Waals surface area contributed by atoms with Gasteiger partial charge < -0.3 is 4.90 Å². The molecule has 1 nitrogen and oxygen atoms in total. The van der Waals surface area contributed by atoms with Crippen LogP contribution in [0.25, 0.3) is 0 Å². The van der Waals surface area contributed by atoms with E-state index < -0.39 is 0 Å². The number of rotatable bonds is 7. The van der Waals surface area contributed by atoms with Crippen LogP contribution < -0.4 is 0 Å². The first-order valence-corrected chi connectivity index (χ1v) is 4.68. The average Bonchev–Trinajstić information content (AvgIpc) is 2.04. The molecular weight excluding hydrogens is 182 g/mol. The maximum absolute atomic E-state index is 3.76. The maximum Gasteiger partial charge on any atom is 0.0161 e. The van der Waals surface area contributed by atoms with Gasteiger partial charge in [-0.05, 0) is 32.9 Å². The molecule has 13 heavy (non-hydrogen) atoms. The predicted molar refractivity (Wildman–Crippen MR) is 63.6 cm³/mol. The SMILES string of the molecule is C=CCC(CC=C)N(C)CCC.Cl. The lowest BCUT2D eigenvalue weighted by atomic mass is 10.1. The summed E-state index contributed by atoms with van der Waals surface area (Å²) in [5, 5.41) is 0. The molecule has 0 aromatic carbocycles. The Balaban J connectivity index is 0. The summed E-state index contributed by atoms with van der Waals surface area (Å²) in [6.07, 6.45) is 7.30. The molecule has 0 atom stereocenters. The van der Waals surface area contributed by atoms with Crippen LogP contribution in [0.1, 0.15) is 26.2 Å². The van der Waals surface area contributed by atoms with Crippen molar-refractivity contribution in [3.05, 3.63) is 25.3 Å². The van der Waals surface area contributed by atoms with Gasteiger partial charge in [0.15, 0.2) is 0 Å². The minimum atomic E-state index is 0. The van der Waals surface area contributed by atoms with Crippen molar-refractivity contribution in [1.82, 2.24) is 4.90 Å². The van der Waals surface area contributed by atoms with Crippen molar-refractivity contribution in [3.63, 3.8) is 0 Å².